The second kappa shape index (κ2) is 7.45. The minimum atomic E-state index is -0.0380. The molecule has 1 aromatic rings. The zero-order chi connectivity index (χ0) is 13.5. The fourth-order valence-corrected chi connectivity index (χ4v) is 1.84. The van der Waals surface area contributed by atoms with Gasteiger partial charge in [0.05, 0.1) is 5.02 Å². The lowest BCUT2D eigenvalue weighted by Gasteiger charge is -2.16. The standard InChI is InChI=1S/C15H22ClNO/c1-5-9-17-12(4)13-7-8-15(14(16)10-13)18-11(3)6-2/h6-8,10-12,17H,2,5,9H2,1,3-4H3. The van der Waals surface area contributed by atoms with Gasteiger partial charge < -0.3 is 10.1 Å². The summed E-state index contributed by atoms with van der Waals surface area (Å²) in [7, 11) is 0. The molecule has 2 atom stereocenters. The van der Waals surface area contributed by atoms with Gasteiger partial charge in [0.15, 0.2) is 0 Å². The molecule has 2 unspecified atom stereocenters. The number of hydrogen-bond acceptors (Lipinski definition) is 2. The Balaban J connectivity index is 2.75. The van der Waals surface area contributed by atoms with E-state index in [1.54, 1.807) is 6.08 Å². The molecule has 0 fully saturated rings. The van der Waals surface area contributed by atoms with Gasteiger partial charge in [0.1, 0.15) is 11.9 Å². The van der Waals surface area contributed by atoms with Crippen LogP contribution in [0.15, 0.2) is 30.9 Å². The Morgan fingerprint density at radius 2 is 2.17 bits per heavy atom. The highest BCUT2D eigenvalue weighted by Crippen LogP contribution is 2.28. The minimum Gasteiger partial charge on any atom is -0.485 e. The summed E-state index contributed by atoms with van der Waals surface area (Å²) in [6, 6.07) is 6.22. The molecule has 1 N–H and O–H groups in total. The molecule has 0 spiro atoms. The lowest BCUT2D eigenvalue weighted by molar-refractivity contribution is 0.270. The third-order valence-electron chi connectivity index (χ3n) is 2.80. The van der Waals surface area contributed by atoms with E-state index in [-0.39, 0.29) is 6.10 Å². The van der Waals surface area contributed by atoms with Gasteiger partial charge in [-0.15, -0.1) is 0 Å². The number of halogens is 1. The smallest absolute Gasteiger partial charge is 0.138 e. The SMILES string of the molecule is C=CC(C)Oc1ccc(C(C)NCCC)cc1Cl. The van der Waals surface area contributed by atoms with E-state index >= 15 is 0 Å². The van der Waals surface area contributed by atoms with E-state index in [0.717, 1.165) is 13.0 Å². The van der Waals surface area contributed by atoms with Crippen molar-refractivity contribution < 1.29 is 4.74 Å². The van der Waals surface area contributed by atoms with Gasteiger partial charge in [-0.05, 0) is 44.5 Å². The van der Waals surface area contributed by atoms with Crippen LogP contribution in [0.5, 0.6) is 5.75 Å². The largest absolute Gasteiger partial charge is 0.485 e. The van der Waals surface area contributed by atoms with Gasteiger partial charge in [-0.2, -0.15) is 0 Å². The monoisotopic (exact) mass is 267 g/mol. The molecule has 0 aromatic heterocycles. The molecular formula is C15H22ClNO. The lowest BCUT2D eigenvalue weighted by Crippen LogP contribution is -2.19. The number of hydrogen-bond donors (Lipinski definition) is 1. The van der Waals surface area contributed by atoms with Crippen LogP contribution in [-0.2, 0) is 0 Å². The van der Waals surface area contributed by atoms with E-state index in [4.69, 9.17) is 16.3 Å². The van der Waals surface area contributed by atoms with Crippen molar-refractivity contribution in [2.24, 2.45) is 0 Å². The highest BCUT2D eigenvalue weighted by Gasteiger charge is 2.09. The molecule has 0 saturated heterocycles. The van der Waals surface area contributed by atoms with E-state index in [1.807, 2.05) is 25.1 Å². The Kier molecular flexibility index (Phi) is 6.23. The fraction of sp³-hybridized carbons (Fsp3) is 0.467. The summed E-state index contributed by atoms with van der Waals surface area (Å²) in [5.41, 5.74) is 1.17. The minimum absolute atomic E-state index is 0.0380. The molecule has 0 aliphatic rings. The average Bonchev–Trinajstić information content (AvgIpc) is 2.38. The Hall–Kier alpha value is -0.990. The summed E-state index contributed by atoms with van der Waals surface area (Å²) < 4.78 is 5.64. The van der Waals surface area contributed by atoms with Gasteiger partial charge in [-0.3, -0.25) is 0 Å². The molecule has 1 aromatic carbocycles. The van der Waals surface area contributed by atoms with Crippen LogP contribution in [0.25, 0.3) is 0 Å². The summed E-state index contributed by atoms with van der Waals surface area (Å²) in [5.74, 6) is 0.704. The molecule has 0 aliphatic heterocycles. The maximum atomic E-state index is 6.22. The van der Waals surface area contributed by atoms with Crippen molar-refractivity contribution in [1.29, 1.82) is 0 Å². The van der Waals surface area contributed by atoms with Gasteiger partial charge in [-0.1, -0.05) is 37.2 Å². The van der Waals surface area contributed by atoms with Crippen molar-refractivity contribution in [2.45, 2.75) is 39.3 Å². The van der Waals surface area contributed by atoms with Crippen molar-refractivity contribution >= 4 is 11.6 Å². The second-order valence-corrected chi connectivity index (χ2v) is 4.83. The lowest BCUT2D eigenvalue weighted by atomic mass is 10.1. The predicted molar refractivity (Wildman–Crippen MR) is 78.4 cm³/mol. The molecule has 100 valence electrons. The van der Waals surface area contributed by atoms with Crippen LogP contribution in [0.4, 0.5) is 0 Å². The third kappa shape index (κ3) is 4.35. The predicted octanol–water partition coefficient (Wildman–Crippen LogP) is 4.35. The molecular weight excluding hydrogens is 246 g/mol. The fourth-order valence-electron chi connectivity index (χ4n) is 1.61. The van der Waals surface area contributed by atoms with Crippen LogP contribution < -0.4 is 10.1 Å². The molecule has 0 amide bonds. The van der Waals surface area contributed by atoms with Gasteiger partial charge >= 0.3 is 0 Å². The van der Waals surface area contributed by atoms with Crippen molar-refractivity contribution in [3.63, 3.8) is 0 Å². The number of nitrogens with one attached hydrogen (secondary N) is 1. The van der Waals surface area contributed by atoms with Crippen LogP contribution in [0.3, 0.4) is 0 Å². The van der Waals surface area contributed by atoms with Crippen LogP contribution >= 0.6 is 11.6 Å². The van der Waals surface area contributed by atoms with Gasteiger partial charge in [0, 0.05) is 6.04 Å². The number of rotatable bonds is 7. The first-order chi connectivity index (χ1) is 8.58. The van der Waals surface area contributed by atoms with Crippen LogP contribution in [-0.4, -0.2) is 12.6 Å². The van der Waals surface area contributed by atoms with Crippen molar-refractivity contribution in [3.05, 3.63) is 41.4 Å². The van der Waals surface area contributed by atoms with Crippen molar-refractivity contribution in [3.8, 4) is 5.75 Å². The van der Waals surface area contributed by atoms with Crippen molar-refractivity contribution in [1.82, 2.24) is 5.32 Å². The summed E-state index contributed by atoms with van der Waals surface area (Å²) in [4.78, 5) is 0. The Bertz CT molecular complexity index is 392. The molecule has 2 nitrogen and oxygen atoms in total. The van der Waals surface area contributed by atoms with E-state index in [1.165, 1.54) is 5.56 Å². The van der Waals surface area contributed by atoms with Gasteiger partial charge in [0.2, 0.25) is 0 Å². The first-order valence-corrected chi connectivity index (χ1v) is 6.78. The highest BCUT2D eigenvalue weighted by atomic mass is 35.5. The zero-order valence-corrected chi connectivity index (χ0v) is 12.1. The molecule has 0 radical (unpaired) electrons. The summed E-state index contributed by atoms with van der Waals surface area (Å²) in [6.45, 7) is 10.9. The molecule has 0 saturated carbocycles. The maximum Gasteiger partial charge on any atom is 0.138 e. The summed E-state index contributed by atoms with van der Waals surface area (Å²) >= 11 is 6.22. The normalized spacial score (nSPS) is 14.0. The van der Waals surface area contributed by atoms with E-state index in [0.29, 0.717) is 16.8 Å². The Morgan fingerprint density at radius 1 is 1.44 bits per heavy atom. The quantitative estimate of drug-likeness (QED) is 0.742. The number of benzene rings is 1. The third-order valence-corrected chi connectivity index (χ3v) is 3.10. The van der Waals surface area contributed by atoms with Crippen LogP contribution in [0.1, 0.15) is 38.8 Å². The molecule has 3 heteroatoms. The van der Waals surface area contributed by atoms with Crippen molar-refractivity contribution in [2.75, 3.05) is 6.54 Å². The van der Waals surface area contributed by atoms with Gasteiger partial charge in [-0.25, -0.2) is 0 Å². The molecule has 0 bridgehead atoms. The van der Waals surface area contributed by atoms with Crippen LogP contribution in [0, 0.1) is 0 Å². The molecule has 0 aliphatic carbocycles. The van der Waals surface area contributed by atoms with Gasteiger partial charge in [0.25, 0.3) is 0 Å². The molecule has 0 heterocycles. The summed E-state index contributed by atoms with van der Waals surface area (Å²) in [6.07, 6.45) is 2.83. The Morgan fingerprint density at radius 3 is 2.72 bits per heavy atom. The first kappa shape index (κ1) is 15.1. The van der Waals surface area contributed by atoms with Crippen LogP contribution in [0.2, 0.25) is 5.02 Å². The molecule has 18 heavy (non-hydrogen) atoms. The van der Waals surface area contributed by atoms with E-state index < -0.39 is 0 Å². The van der Waals surface area contributed by atoms with E-state index in [2.05, 4.69) is 25.7 Å². The molecule has 1 rings (SSSR count). The second-order valence-electron chi connectivity index (χ2n) is 4.42. The maximum absolute atomic E-state index is 6.22. The topological polar surface area (TPSA) is 21.3 Å². The van der Waals surface area contributed by atoms with E-state index in [9.17, 15) is 0 Å². The zero-order valence-electron chi connectivity index (χ0n) is 11.4. The number of ether oxygens (including phenoxy) is 1. The Labute approximate surface area is 115 Å². The summed E-state index contributed by atoms with van der Waals surface area (Å²) in [5, 5.41) is 4.08. The highest BCUT2D eigenvalue weighted by molar-refractivity contribution is 6.32. The average molecular weight is 268 g/mol. The first-order valence-electron chi connectivity index (χ1n) is 6.40.